The number of rotatable bonds is 5. The van der Waals surface area contributed by atoms with Crippen molar-refractivity contribution in [3.05, 3.63) is 42.0 Å². The van der Waals surface area contributed by atoms with Crippen molar-refractivity contribution in [1.29, 1.82) is 0 Å². The molecule has 0 aliphatic carbocycles. The molecule has 2 rings (SSSR count). The molecule has 22 heavy (non-hydrogen) atoms. The zero-order chi connectivity index (χ0) is 15.8. The van der Waals surface area contributed by atoms with Crippen LogP contribution in [0.2, 0.25) is 0 Å². The Morgan fingerprint density at radius 3 is 2.95 bits per heavy atom. The van der Waals surface area contributed by atoms with E-state index in [0.29, 0.717) is 10.9 Å². The third-order valence-corrected chi connectivity index (χ3v) is 3.17. The number of hydrogen-bond donors (Lipinski definition) is 2. The Labute approximate surface area is 135 Å². The molecule has 5 heteroatoms. The summed E-state index contributed by atoms with van der Waals surface area (Å²) < 4.78 is 5.60. The van der Waals surface area contributed by atoms with E-state index < -0.39 is 0 Å². The Balaban J connectivity index is 2.33. The molecule has 4 nitrogen and oxygen atoms in total. The molecular formula is C17H17N3OS. The van der Waals surface area contributed by atoms with Gasteiger partial charge in [-0.25, -0.2) is 0 Å². The normalized spacial score (nSPS) is 10.4. The average molecular weight is 311 g/mol. The fraction of sp³-hybridized carbons (Fsp3) is 0.176. The topological polar surface area (TPSA) is 45.6 Å². The third kappa shape index (κ3) is 3.96. The fourth-order valence-corrected chi connectivity index (χ4v) is 2.21. The molecule has 2 aromatic carbocycles. The van der Waals surface area contributed by atoms with E-state index in [0.717, 1.165) is 22.9 Å². The van der Waals surface area contributed by atoms with E-state index in [1.807, 2.05) is 43.3 Å². The van der Waals surface area contributed by atoms with E-state index in [1.165, 1.54) is 0 Å². The fourth-order valence-electron chi connectivity index (χ4n) is 2.01. The number of terminal acetylenes is 1. The van der Waals surface area contributed by atoms with Crippen LogP contribution in [0.4, 0.5) is 0 Å². The first-order valence-corrected chi connectivity index (χ1v) is 7.32. The molecule has 0 heterocycles. The summed E-state index contributed by atoms with van der Waals surface area (Å²) in [6.07, 6.45) is 6.96. The van der Waals surface area contributed by atoms with Crippen molar-refractivity contribution >= 4 is 34.3 Å². The maximum absolute atomic E-state index is 5.60. The van der Waals surface area contributed by atoms with Crippen molar-refractivity contribution in [2.45, 2.75) is 6.92 Å². The second-order valence-corrected chi connectivity index (χ2v) is 4.83. The zero-order valence-electron chi connectivity index (χ0n) is 12.3. The summed E-state index contributed by atoms with van der Waals surface area (Å²) in [7, 11) is 0. The molecule has 0 saturated heterocycles. The monoisotopic (exact) mass is 311 g/mol. The summed E-state index contributed by atoms with van der Waals surface area (Å²) in [6, 6.07) is 11.9. The van der Waals surface area contributed by atoms with Gasteiger partial charge in [-0.15, -0.1) is 6.42 Å². The van der Waals surface area contributed by atoms with Gasteiger partial charge in [0.2, 0.25) is 0 Å². The maximum Gasteiger partial charge on any atom is 0.186 e. The zero-order valence-corrected chi connectivity index (χ0v) is 13.1. The van der Waals surface area contributed by atoms with Crippen molar-refractivity contribution in [3.8, 4) is 18.1 Å². The summed E-state index contributed by atoms with van der Waals surface area (Å²) in [5.74, 6) is 3.16. The van der Waals surface area contributed by atoms with E-state index in [-0.39, 0.29) is 6.61 Å². The lowest BCUT2D eigenvalue weighted by Crippen LogP contribution is -2.31. The van der Waals surface area contributed by atoms with Gasteiger partial charge in [0.1, 0.15) is 12.4 Å². The standard InChI is InChI=1S/C17H17N3OS/c1-3-11-21-16-10-9-13-7-5-6-8-14(13)15(16)12-19-20-17(22)18-4-2/h1,5-10,12H,4,11H2,2H3,(H2,18,20,22)/b19-12-. The Morgan fingerprint density at radius 2 is 2.18 bits per heavy atom. The van der Waals surface area contributed by atoms with Crippen LogP contribution in [0.1, 0.15) is 12.5 Å². The molecular weight excluding hydrogens is 294 g/mol. The van der Waals surface area contributed by atoms with E-state index in [9.17, 15) is 0 Å². The second kappa shape index (κ2) is 8.01. The van der Waals surface area contributed by atoms with Crippen molar-refractivity contribution in [2.24, 2.45) is 5.10 Å². The molecule has 0 atom stereocenters. The highest BCUT2D eigenvalue weighted by Gasteiger charge is 2.06. The average Bonchev–Trinajstić information content (AvgIpc) is 2.54. The smallest absolute Gasteiger partial charge is 0.186 e. The third-order valence-electron chi connectivity index (χ3n) is 2.94. The van der Waals surface area contributed by atoms with Crippen molar-refractivity contribution < 1.29 is 4.74 Å². The SMILES string of the molecule is C#CCOc1ccc2ccccc2c1/C=N\NC(=S)NCC. The quantitative estimate of drug-likeness (QED) is 0.386. The number of benzene rings is 2. The first-order valence-electron chi connectivity index (χ1n) is 6.91. The predicted octanol–water partition coefficient (Wildman–Crippen LogP) is 2.67. The highest BCUT2D eigenvalue weighted by molar-refractivity contribution is 7.80. The van der Waals surface area contributed by atoms with Gasteiger partial charge >= 0.3 is 0 Å². The van der Waals surface area contributed by atoms with E-state index >= 15 is 0 Å². The first kappa shape index (κ1) is 15.8. The van der Waals surface area contributed by atoms with Crippen molar-refractivity contribution in [1.82, 2.24) is 10.7 Å². The Hall–Kier alpha value is -2.58. The van der Waals surface area contributed by atoms with Crippen molar-refractivity contribution in [3.63, 3.8) is 0 Å². The Morgan fingerprint density at radius 1 is 1.36 bits per heavy atom. The lowest BCUT2D eigenvalue weighted by Gasteiger charge is -2.10. The van der Waals surface area contributed by atoms with Crippen LogP contribution < -0.4 is 15.5 Å². The minimum Gasteiger partial charge on any atom is -0.480 e. The molecule has 0 fully saturated rings. The Bertz CT molecular complexity index is 734. The van der Waals surface area contributed by atoms with Gasteiger partial charge in [0.25, 0.3) is 0 Å². The lowest BCUT2D eigenvalue weighted by molar-refractivity contribution is 0.370. The maximum atomic E-state index is 5.60. The molecule has 0 aliphatic rings. The van der Waals surface area contributed by atoms with Gasteiger partial charge in [0.05, 0.1) is 6.21 Å². The largest absolute Gasteiger partial charge is 0.480 e. The summed E-state index contributed by atoms with van der Waals surface area (Å²) >= 11 is 5.07. The molecule has 0 bridgehead atoms. The van der Waals surface area contributed by atoms with E-state index in [1.54, 1.807) is 6.21 Å². The van der Waals surface area contributed by atoms with Gasteiger partial charge in [0.15, 0.2) is 5.11 Å². The summed E-state index contributed by atoms with van der Waals surface area (Å²) in [5.41, 5.74) is 3.64. The van der Waals surface area contributed by atoms with Gasteiger partial charge in [-0.05, 0) is 36.0 Å². The highest BCUT2D eigenvalue weighted by Crippen LogP contribution is 2.26. The van der Waals surface area contributed by atoms with Gasteiger partial charge in [-0.3, -0.25) is 5.43 Å². The molecule has 112 valence electrons. The minimum absolute atomic E-state index is 0.211. The highest BCUT2D eigenvalue weighted by atomic mass is 32.1. The van der Waals surface area contributed by atoms with E-state index in [4.69, 9.17) is 23.4 Å². The van der Waals surface area contributed by atoms with Crippen LogP contribution >= 0.6 is 12.2 Å². The molecule has 0 radical (unpaired) electrons. The number of fused-ring (bicyclic) bond motifs is 1. The Kier molecular flexibility index (Phi) is 5.75. The molecule has 2 aromatic rings. The second-order valence-electron chi connectivity index (χ2n) is 4.42. The minimum atomic E-state index is 0.211. The van der Waals surface area contributed by atoms with Gasteiger partial charge in [0, 0.05) is 12.1 Å². The van der Waals surface area contributed by atoms with Gasteiger partial charge in [-0.2, -0.15) is 5.10 Å². The van der Waals surface area contributed by atoms with Crippen LogP contribution in [0, 0.1) is 12.3 Å². The van der Waals surface area contributed by atoms with Gasteiger partial charge in [-0.1, -0.05) is 36.3 Å². The van der Waals surface area contributed by atoms with Crippen LogP contribution in [0.25, 0.3) is 10.8 Å². The molecule has 0 aromatic heterocycles. The molecule has 0 unspecified atom stereocenters. The van der Waals surface area contributed by atoms with Crippen LogP contribution in [-0.4, -0.2) is 24.5 Å². The molecule has 0 spiro atoms. The van der Waals surface area contributed by atoms with Crippen LogP contribution in [0.5, 0.6) is 5.75 Å². The lowest BCUT2D eigenvalue weighted by atomic mass is 10.0. The van der Waals surface area contributed by atoms with Crippen LogP contribution in [0.15, 0.2) is 41.5 Å². The number of hydrogen-bond acceptors (Lipinski definition) is 3. The molecule has 0 saturated carbocycles. The number of thiocarbonyl (C=S) groups is 1. The van der Waals surface area contributed by atoms with Crippen molar-refractivity contribution in [2.75, 3.05) is 13.2 Å². The summed E-state index contributed by atoms with van der Waals surface area (Å²) in [4.78, 5) is 0. The first-order chi connectivity index (χ1) is 10.8. The number of ether oxygens (including phenoxy) is 1. The predicted molar refractivity (Wildman–Crippen MR) is 95.3 cm³/mol. The summed E-state index contributed by atoms with van der Waals surface area (Å²) in [6.45, 7) is 2.92. The van der Waals surface area contributed by atoms with Crippen LogP contribution in [0.3, 0.4) is 0 Å². The van der Waals surface area contributed by atoms with Gasteiger partial charge < -0.3 is 10.1 Å². The number of nitrogens with one attached hydrogen (secondary N) is 2. The molecule has 0 amide bonds. The molecule has 0 aliphatic heterocycles. The number of hydrazone groups is 1. The van der Waals surface area contributed by atoms with Crippen LogP contribution in [-0.2, 0) is 0 Å². The summed E-state index contributed by atoms with van der Waals surface area (Å²) in [5, 5.41) is 9.75. The molecule has 2 N–H and O–H groups in total. The van der Waals surface area contributed by atoms with E-state index in [2.05, 4.69) is 21.8 Å². The number of nitrogens with zero attached hydrogens (tertiary/aromatic N) is 1.